The number of aliphatic hydroxyl groups is 1. The minimum Gasteiger partial charge on any atom is -0.396 e. The molecule has 2 atom stereocenters. The molecular weight excluding hydrogens is 240 g/mol. The summed E-state index contributed by atoms with van der Waals surface area (Å²) in [6.07, 6.45) is 2.77. The van der Waals surface area contributed by atoms with E-state index in [9.17, 15) is 4.79 Å². The van der Waals surface area contributed by atoms with Gasteiger partial charge < -0.3 is 16.2 Å². The fraction of sp³-hybridized carbons (Fsp3) is 0.533. The number of hydrogen-bond donors (Lipinski definition) is 3. The van der Waals surface area contributed by atoms with Crippen LogP contribution in [0.5, 0.6) is 0 Å². The van der Waals surface area contributed by atoms with Crippen molar-refractivity contribution >= 4 is 5.91 Å². The molecule has 4 nitrogen and oxygen atoms in total. The van der Waals surface area contributed by atoms with Crippen molar-refractivity contribution in [3.05, 3.63) is 35.9 Å². The minimum atomic E-state index is -0.627. The first-order chi connectivity index (χ1) is 9.19. The summed E-state index contributed by atoms with van der Waals surface area (Å²) in [7, 11) is 0. The second-order valence-electron chi connectivity index (χ2n) is 4.80. The molecule has 4 heteroatoms. The van der Waals surface area contributed by atoms with E-state index in [4.69, 9.17) is 10.8 Å². The SMILES string of the molecule is CCCC(CCO)CNC(=O)C(N)c1ccccc1. The highest BCUT2D eigenvalue weighted by atomic mass is 16.3. The van der Waals surface area contributed by atoms with Crippen LogP contribution in [0.4, 0.5) is 0 Å². The monoisotopic (exact) mass is 264 g/mol. The van der Waals surface area contributed by atoms with Gasteiger partial charge in [-0.1, -0.05) is 43.7 Å². The third-order valence-corrected chi connectivity index (χ3v) is 3.24. The molecule has 0 aliphatic rings. The lowest BCUT2D eigenvalue weighted by Crippen LogP contribution is -2.37. The molecule has 1 rings (SSSR count). The van der Waals surface area contributed by atoms with E-state index in [0.29, 0.717) is 18.9 Å². The average molecular weight is 264 g/mol. The fourth-order valence-electron chi connectivity index (χ4n) is 2.11. The lowest BCUT2D eigenvalue weighted by molar-refractivity contribution is -0.122. The number of amides is 1. The molecule has 0 radical (unpaired) electrons. The van der Waals surface area contributed by atoms with Crippen LogP contribution in [0, 0.1) is 5.92 Å². The van der Waals surface area contributed by atoms with Crippen LogP contribution in [0.3, 0.4) is 0 Å². The number of nitrogens with one attached hydrogen (secondary N) is 1. The Morgan fingerprint density at radius 1 is 1.32 bits per heavy atom. The zero-order valence-corrected chi connectivity index (χ0v) is 11.5. The van der Waals surface area contributed by atoms with Gasteiger partial charge in [-0.2, -0.15) is 0 Å². The van der Waals surface area contributed by atoms with Crippen LogP contribution in [0.25, 0.3) is 0 Å². The molecule has 0 fully saturated rings. The van der Waals surface area contributed by atoms with Crippen molar-refractivity contribution in [1.82, 2.24) is 5.32 Å². The van der Waals surface area contributed by atoms with Crippen LogP contribution in [-0.2, 0) is 4.79 Å². The summed E-state index contributed by atoms with van der Waals surface area (Å²) < 4.78 is 0. The van der Waals surface area contributed by atoms with Gasteiger partial charge in [0, 0.05) is 13.2 Å². The van der Waals surface area contributed by atoms with Crippen LogP contribution in [0.2, 0.25) is 0 Å². The summed E-state index contributed by atoms with van der Waals surface area (Å²) >= 11 is 0. The quantitative estimate of drug-likeness (QED) is 0.667. The maximum Gasteiger partial charge on any atom is 0.241 e. The van der Waals surface area contributed by atoms with Gasteiger partial charge in [-0.25, -0.2) is 0 Å². The predicted octanol–water partition coefficient (Wildman–Crippen LogP) is 1.60. The summed E-state index contributed by atoms with van der Waals surface area (Å²) in [6, 6.07) is 8.70. The maximum atomic E-state index is 12.0. The molecule has 0 saturated carbocycles. The van der Waals surface area contributed by atoms with Crippen LogP contribution in [0.15, 0.2) is 30.3 Å². The Hall–Kier alpha value is -1.39. The van der Waals surface area contributed by atoms with Crippen molar-refractivity contribution in [2.45, 2.75) is 32.2 Å². The molecule has 1 aromatic carbocycles. The number of aliphatic hydroxyl groups excluding tert-OH is 1. The highest BCUT2D eigenvalue weighted by Crippen LogP contribution is 2.12. The van der Waals surface area contributed by atoms with E-state index in [1.807, 2.05) is 30.3 Å². The third-order valence-electron chi connectivity index (χ3n) is 3.24. The molecule has 1 amide bonds. The lowest BCUT2D eigenvalue weighted by Gasteiger charge is -2.18. The topological polar surface area (TPSA) is 75.3 Å². The van der Waals surface area contributed by atoms with Crippen molar-refractivity contribution in [1.29, 1.82) is 0 Å². The summed E-state index contributed by atoms with van der Waals surface area (Å²) in [5.41, 5.74) is 6.73. The van der Waals surface area contributed by atoms with Gasteiger partial charge in [-0.3, -0.25) is 4.79 Å². The first kappa shape index (κ1) is 15.7. The number of rotatable bonds is 8. The summed E-state index contributed by atoms with van der Waals surface area (Å²) in [6.45, 7) is 2.83. The molecular formula is C15H24N2O2. The summed E-state index contributed by atoms with van der Waals surface area (Å²) in [4.78, 5) is 12.0. The minimum absolute atomic E-state index is 0.158. The van der Waals surface area contributed by atoms with Gasteiger partial charge in [0.15, 0.2) is 0 Å². The summed E-state index contributed by atoms with van der Waals surface area (Å²) in [5.74, 6) is 0.159. The molecule has 0 bridgehead atoms. The van der Waals surface area contributed by atoms with Gasteiger partial charge in [-0.05, 0) is 24.3 Å². The molecule has 0 heterocycles. The first-order valence-corrected chi connectivity index (χ1v) is 6.88. The third kappa shape index (κ3) is 5.41. The number of nitrogens with two attached hydrogens (primary N) is 1. The molecule has 0 saturated heterocycles. The normalized spacial score (nSPS) is 13.8. The van der Waals surface area contributed by atoms with Crippen molar-refractivity contribution in [2.24, 2.45) is 11.7 Å². The highest BCUT2D eigenvalue weighted by Gasteiger charge is 2.16. The molecule has 0 spiro atoms. The Morgan fingerprint density at radius 2 is 2.00 bits per heavy atom. The molecule has 0 aliphatic carbocycles. The molecule has 2 unspecified atom stereocenters. The van der Waals surface area contributed by atoms with Crippen molar-refractivity contribution < 1.29 is 9.90 Å². The lowest BCUT2D eigenvalue weighted by atomic mass is 10.00. The largest absolute Gasteiger partial charge is 0.396 e. The van der Waals surface area contributed by atoms with Gasteiger partial charge in [0.2, 0.25) is 5.91 Å². The van der Waals surface area contributed by atoms with E-state index in [1.165, 1.54) is 0 Å². The van der Waals surface area contributed by atoms with Gasteiger partial charge >= 0.3 is 0 Å². The zero-order valence-electron chi connectivity index (χ0n) is 11.5. The molecule has 0 aliphatic heterocycles. The Balaban J connectivity index is 2.45. The van der Waals surface area contributed by atoms with Gasteiger partial charge in [0.1, 0.15) is 6.04 Å². The van der Waals surface area contributed by atoms with Crippen molar-refractivity contribution in [2.75, 3.05) is 13.2 Å². The second kappa shape index (κ2) is 8.67. The van der Waals surface area contributed by atoms with E-state index in [-0.39, 0.29) is 12.5 Å². The molecule has 19 heavy (non-hydrogen) atoms. The fourth-order valence-corrected chi connectivity index (χ4v) is 2.11. The molecule has 0 aromatic heterocycles. The van der Waals surface area contributed by atoms with Crippen LogP contribution >= 0.6 is 0 Å². The van der Waals surface area contributed by atoms with Crippen LogP contribution < -0.4 is 11.1 Å². The number of hydrogen-bond acceptors (Lipinski definition) is 3. The number of carbonyl (C=O) groups excluding carboxylic acids is 1. The number of benzene rings is 1. The van der Waals surface area contributed by atoms with E-state index in [1.54, 1.807) is 0 Å². The smallest absolute Gasteiger partial charge is 0.241 e. The van der Waals surface area contributed by atoms with E-state index >= 15 is 0 Å². The maximum absolute atomic E-state index is 12.0. The Bertz CT molecular complexity index is 362. The van der Waals surface area contributed by atoms with E-state index < -0.39 is 6.04 Å². The van der Waals surface area contributed by atoms with Crippen LogP contribution in [0.1, 0.15) is 37.8 Å². The van der Waals surface area contributed by atoms with Crippen LogP contribution in [-0.4, -0.2) is 24.2 Å². The van der Waals surface area contributed by atoms with E-state index in [0.717, 1.165) is 18.4 Å². The first-order valence-electron chi connectivity index (χ1n) is 6.88. The van der Waals surface area contributed by atoms with Crippen molar-refractivity contribution in [3.8, 4) is 0 Å². The van der Waals surface area contributed by atoms with Gasteiger partial charge in [0.05, 0.1) is 0 Å². The summed E-state index contributed by atoms with van der Waals surface area (Å²) in [5, 5.41) is 11.9. The van der Waals surface area contributed by atoms with Gasteiger partial charge in [0.25, 0.3) is 0 Å². The molecule has 4 N–H and O–H groups in total. The average Bonchev–Trinajstić information content (AvgIpc) is 2.45. The Morgan fingerprint density at radius 3 is 2.58 bits per heavy atom. The zero-order chi connectivity index (χ0) is 14.1. The Kier molecular flexibility index (Phi) is 7.15. The molecule has 106 valence electrons. The second-order valence-corrected chi connectivity index (χ2v) is 4.80. The standard InChI is InChI=1S/C15H24N2O2/c1-2-6-12(9-10-18)11-17-15(19)14(16)13-7-4-3-5-8-13/h3-5,7-8,12,14,18H,2,6,9-11,16H2,1H3,(H,17,19). The van der Waals surface area contributed by atoms with Crippen molar-refractivity contribution in [3.63, 3.8) is 0 Å². The number of carbonyl (C=O) groups is 1. The van der Waals surface area contributed by atoms with Gasteiger partial charge in [-0.15, -0.1) is 0 Å². The predicted molar refractivity (Wildman–Crippen MR) is 76.5 cm³/mol. The molecule has 1 aromatic rings. The highest BCUT2D eigenvalue weighted by molar-refractivity contribution is 5.82. The Labute approximate surface area is 115 Å². The van der Waals surface area contributed by atoms with E-state index in [2.05, 4.69) is 12.2 Å².